The smallest absolute Gasteiger partial charge is 0.243 e. The number of benzene rings is 1. The molecule has 0 saturated heterocycles. The molecule has 1 rings (SSSR count). The lowest BCUT2D eigenvalue weighted by atomic mass is 9.96. The Bertz CT molecular complexity index is 742. The van der Waals surface area contributed by atoms with E-state index in [0.29, 0.717) is 25.8 Å². The molecule has 0 fully saturated rings. The molecule has 31 heavy (non-hydrogen) atoms. The van der Waals surface area contributed by atoms with Gasteiger partial charge in [-0.15, -0.1) is 0 Å². The molecule has 3 amide bonds. The molecule has 10 N–H and O–H groups in total. The van der Waals surface area contributed by atoms with Crippen LogP contribution in [0.2, 0.25) is 0 Å². The van der Waals surface area contributed by atoms with Gasteiger partial charge in [-0.1, -0.05) is 50.6 Å². The Balaban J connectivity index is 2.75. The van der Waals surface area contributed by atoms with Gasteiger partial charge in [0.25, 0.3) is 0 Å². The SMILES string of the molecule is CCC(C)C(NC(=O)[C@@H](N)CCCNC(=N)N)C(=O)N[C@@H](Cc1ccccc1)C(N)=O. The summed E-state index contributed by atoms with van der Waals surface area (Å²) in [5.74, 6) is -1.91. The fourth-order valence-corrected chi connectivity index (χ4v) is 2.97. The van der Waals surface area contributed by atoms with E-state index in [1.807, 2.05) is 44.2 Å². The van der Waals surface area contributed by atoms with Crippen molar-refractivity contribution >= 4 is 23.7 Å². The Labute approximate surface area is 183 Å². The number of carbonyl (C=O) groups excluding carboxylic acids is 3. The molecule has 172 valence electrons. The van der Waals surface area contributed by atoms with E-state index < -0.39 is 35.8 Å². The minimum absolute atomic E-state index is 0.147. The van der Waals surface area contributed by atoms with Gasteiger partial charge in [0.2, 0.25) is 17.7 Å². The number of hydrogen-bond acceptors (Lipinski definition) is 5. The second-order valence-electron chi connectivity index (χ2n) is 7.61. The summed E-state index contributed by atoms with van der Waals surface area (Å²) in [6.07, 6.45) is 1.79. The van der Waals surface area contributed by atoms with Gasteiger partial charge in [0.1, 0.15) is 12.1 Å². The summed E-state index contributed by atoms with van der Waals surface area (Å²) in [6, 6.07) is 6.65. The largest absolute Gasteiger partial charge is 0.370 e. The first-order valence-electron chi connectivity index (χ1n) is 10.4. The van der Waals surface area contributed by atoms with Gasteiger partial charge >= 0.3 is 0 Å². The molecule has 10 nitrogen and oxygen atoms in total. The first-order chi connectivity index (χ1) is 14.6. The number of amides is 3. The van der Waals surface area contributed by atoms with Crippen LogP contribution in [0.5, 0.6) is 0 Å². The van der Waals surface area contributed by atoms with Crippen LogP contribution in [0.3, 0.4) is 0 Å². The summed E-state index contributed by atoms with van der Waals surface area (Å²) >= 11 is 0. The molecule has 4 atom stereocenters. The lowest BCUT2D eigenvalue weighted by Gasteiger charge is -2.27. The lowest BCUT2D eigenvalue weighted by Crippen LogP contribution is -2.57. The fourth-order valence-electron chi connectivity index (χ4n) is 2.97. The van der Waals surface area contributed by atoms with Crippen LogP contribution in [-0.4, -0.2) is 48.4 Å². The van der Waals surface area contributed by atoms with Crippen molar-refractivity contribution in [1.82, 2.24) is 16.0 Å². The average Bonchev–Trinajstić information content (AvgIpc) is 2.74. The highest BCUT2D eigenvalue weighted by molar-refractivity contribution is 5.93. The zero-order valence-corrected chi connectivity index (χ0v) is 18.2. The molecule has 0 aliphatic rings. The van der Waals surface area contributed by atoms with Gasteiger partial charge in [0, 0.05) is 13.0 Å². The molecule has 0 saturated carbocycles. The van der Waals surface area contributed by atoms with Crippen LogP contribution >= 0.6 is 0 Å². The molecule has 1 aromatic carbocycles. The van der Waals surface area contributed by atoms with Crippen LogP contribution in [0, 0.1) is 11.3 Å². The van der Waals surface area contributed by atoms with E-state index in [1.165, 1.54) is 0 Å². The topological polar surface area (TPSA) is 189 Å². The first-order valence-corrected chi connectivity index (χ1v) is 10.4. The van der Waals surface area contributed by atoms with Gasteiger partial charge in [-0.3, -0.25) is 19.8 Å². The van der Waals surface area contributed by atoms with Crippen LogP contribution in [0.25, 0.3) is 0 Å². The third-order valence-electron chi connectivity index (χ3n) is 5.08. The van der Waals surface area contributed by atoms with E-state index in [-0.39, 0.29) is 18.3 Å². The van der Waals surface area contributed by atoms with E-state index in [0.717, 1.165) is 5.56 Å². The van der Waals surface area contributed by atoms with Crippen LogP contribution < -0.4 is 33.2 Å². The monoisotopic (exact) mass is 433 g/mol. The van der Waals surface area contributed by atoms with Crippen LogP contribution in [0.4, 0.5) is 0 Å². The molecule has 2 unspecified atom stereocenters. The van der Waals surface area contributed by atoms with Crippen LogP contribution in [0.1, 0.15) is 38.7 Å². The van der Waals surface area contributed by atoms with Gasteiger partial charge in [-0.05, 0) is 24.3 Å². The Morgan fingerprint density at radius 3 is 2.26 bits per heavy atom. The Morgan fingerprint density at radius 2 is 1.71 bits per heavy atom. The zero-order chi connectivity index (χ0) is 23.4. The summed E-state index contributed by atoms with van der Waals surface area (Å²) in [5.41, 5.74) is 17.5. The summed E-state index contributed by atoms with van der Waals surface area (Å²) in [6.45, 7) is 4.16. The Hall–Kier alpha value is -3.14. The predicted octanol–water partition coefficient (Wildman–Crippen LogP) is -0.679. The molecule has 1 aromatic rings. The highest BCUT2D eigenvalue weighted by Crippen LogP contribution is 2.10. The van der Waals surface area contributed by atoms with Crippen LogP contribution in [-0.2, 0) is 20.8 Å². The maximum absolute atomic E-state index is 12.9. The maximum atomic E-state index is 12.9. The third-order valence-corrected chi connectivity index (χ3v) is 5.08. The average molecular weight is 434 g/mol. The van der Waals surface area contributed by atoms with E-state index in [9.17, 15) is 14.4 Å². The fraction of sp³-hybridized carbons (Fsp3) is 0.524. The van der Waals surface area contributed by atoms with Crippen molar-refractivity contribution in [3.63, 3.8) is 0 Å². The number of nitrogens with two attached hydrogens (primary N) is 3. The van der Waals surface area contributed by atoms with Gasteiger partial charge in [-0.25, -0.2) is 0 Å². The number of carbonyl (C=O) groups is 3. The van der Waals surface area contributed by atoms with E-state index >= 15 is 0 Å². The normalized spacial score (nSPS) is 14.5. The van der Waals surface area contributed by atoms with Crippen LogP contribution in [0.15, 0.2) is 30.3 Å². The van der Waals surface area contributed by atoms with Crippen molar-refractivity contribution in [2.45, 2.75) is 57.7 Å². The second-order valence-corrected chi connectivity index (χ2v) is 7.61. The molecular weight excluding hydrogens is 398 g/mol. The van der Waals surface area contributed by atoms with Crippen molar-refractivity contribution in [3.8, 4) is 0 Å². The molecule has 0 spiro atoms. The number of primary amides is 1. The predicted molar refractivity (Wildman–Crippen MR) is 120 cm³/mol. The summed E-state index contributed by atoms with van der Waals surface area (Å²) in [4.78, 5) is 37.3. The minimum Gasteiger partial charge on any atom is -0.370 e. The maximum Gasteiger partial charge on any atom is 0.243 e. The highest BCUT2D eigenvalue weighted by Gasteiger charge is 2.30. The molecule has 0 aliphatic carbocycles. The van der Waals surface area contributed by atoms with Crippen molar-refractivity contribution in [3.05, 3.63) is 35.9 Å². The Kier molecular flexibility index (Phi) is 11.0. The van der Waals surface area contributed by atoms with E-state index in [2.05, 4.69) is 16.0 Å². The quantitative estimate of drug-likeness (QED) is 0.122. The Morgan fingerprint density at radius 1 is 1.06 bits per heavy atom. The number of hydrogen-bond donors (Lipinski definition) is 7. The number of rotatable bonds is 13. The summed E-state index contributed by atoms with van der Waals surface area (Å²) in [5, 5.41) is 15.1. The molecular formula is C21H35N7O3. The lowest BCUT2D eigenvalue weighted by molar-refractivity contribution is -0.132. The van der Waals surface area contributed by atoms with Gasteiger partial charge in [-0.2, -0.15) is 0 Å². The molecule has 10 heteroatoms. The standard InChI is InChI=1S/C21H35N7O3/c1-3-13(2)17(28-19(30)15(22)10-7-11-26-21(24)25)20(31)27-16(18(23)29)12-14-8-5-4-6-9-14/h4-6,8-9,13,15-17H,3,7,10-12,22H2,1-2H3,(H2,23,29)(H,27,31)(H,28,30)(H4,24,25,26)/t13?,15-,16-,17?/m0/s1. The molecule has 0 radical (unpaired) electrons. The zero-order valence-electron chi connectivity index (χ0n) is 18.2. The van der Waals surface area contributed by atoms with Crippen molar-refractivity contribution in [1.29, 1.82) is 5.41 Å². The number of guanidine groups is 1. The third kappa shape index (κ3) is 9.47. The highest BCUT2D eigenvalue weighted by atomic mass is 16.2. The van der Waals surface area contributed by atoms with Gasteiger partial charge in [0.15, 0.2) is 5.96 Å². The molecule has 0 heterocycles. The summed E-state index contributed by atoms with van der Waals surface area (Å²) < 4.78 is 0. The van der Waals surface area contributed by atoms with Crippen molar-refractivity contribution in [2.75, 3.05) is 6.54 Å². The second kappa shape index (κ2) is 13.2. The van der Waals surface area contributed by atoms with Gasteiger partial charge in [0.05, 0.1) is 6.04 Å². The van der Waals surface area contributed by atoms with E-state index in [1.54, 1.807) is 0 Å². The van der Waals surface area contributed by atoms with Crippen molar-refractivity contribution < 1.29 is 14.4 Å². The molecule has 0 bridgehead atoms. The van der Waals surface area contributed by atoms with Crippen molar-refractivity contribution in [2.24, 2.45) is 23.1 Å². The molecule has 0 aliphatic heterocycles. The van der Waals surface area contributed by atoms with Gasteiger partial charge < -0.3 is 33.2 Å². The number of nitrogens with one attached hydrogen (secondary N) is 4. The molecule has 0 aromatic heterocycles. The van der Waals surface area contributed by atoms with E-state index in [4.69, 9.17) is 22.6 Å². The first kappa shape index (κ1) is 25.9. The summed E-state index contributed by atoms with van der Waals surface area (Å²) in [7, 11) is 0. The minimum atomic E-state index is -0.898.